The van der Waals surface area contributed by atoms with Crippen molar-refractivity contribution >= 4 is 0 Å². The average Bonchev–Trinajstić information content (AvgIpc) is 2.94. The van der Waals surface area contributed by atoms with Crippen molar-refractivity contribution in [3.63, 3.8) is 0 Å². The SMILES string of the molecule is Fc1ccc2c(c1)CCC2NCc1nn[nH]n1. The third-order valence-corrected chi connectivity index (χ3v) is 3.08. The summed E-state index contributed by atoms with van der Waals surface area (Å²) in [6, 6.07) is 5.23. The van der Waals surface area contributed by atoms with Crippen LogP contribution in [-0.2, 0) is 13.0 Å². The summed E-state index contributed by atoms with van der Waals surface area (Å²) >= 11 is 0. The molecule has 2 N–H and O–H groups in total. The van der Waals surface area contributed by atoms with Gasteiger partial charge < -0.3 is 5.32 Å². The topological polar surface area (TPSA) is 66.5 Å². The van der Waals surface area contributed by atoms with Crippen molar-refractivity contribution in [3.05, 3.63) is 41.0 Å². The van der Waals surface area contributed by atoms with Gasteiger partial charge in [0.15, 0.2) is 5.82 Å². The first-order valence-corrected chi connectivity index (χ1v) is 5.57. The number of nitrogens with zero attached hydrogens (tertiary/aromatic N) is 3. The molecule has 6 heteroatoms. The van der Waals surface area contributed by atoms with Gasteiger partial charge in [-0.15, -0.1) is 10.2 Å². The summed E-state index contributed by atoms with van der Waals surface area (Å²) in [6.45, 7) is 0.567. The summed E-state index contributed by atoms with van der Waals surface area (Å²) in [4.78, 5) is 0. The average molecular weight is 233 g/mol. The maximum atomic E-state index is 13.0. The molecule has 0 spiro atoms. The Kier molecular flexibility index (Phi) is 2.56. The lowest BCUT2D eigenvalue weighted by atomic mass is 10.1. The quantitative estimate of drug-likeness (QED) is 0.833. The number of aromatic amines is 1. The molecule has 1 aliphatic carbocycles. The molecule has 1 aromatic heterocycles. The lowest BCUT2D eigenvalue weighted by molar-refractivity contribution is 0.519. The summed E-state index contributed by atoms with van der Waals surface area (Å²) in [5, 5.41) is 17.0. The van der Waals surface area contributed by atoms with E-state index in [1.165, 1.54) is 11.6 Å². The molecular formula is C11H12FN5. The summed E-state index contributed by atoms with van der Waals surface area (Å²) < 4.78 is 13.0. The summed E-state index contributed by atoms with van der Waals surface area (Å²) in [5.74, 6) is 0.475. The number of hydrogen-bond donors (Lipinski definition) is 2. The number of halogens is 1. The van der Waals surface area contributed by atoms with Crippen molar-refractivity contribution in [2.45, 2.75) is 25.4 Å². The Hall–Kier alpha value is -1.82. The van der Waals surface area contributed by atoms with Crippen molar-refractivity contribution in [1.29, 1.82) is 0 Å². The van der Waals surface area contributed by atoms with Crippen LogP contribution in [0.15, 0.2) is 18.2 Å². The first-order chi connectivity index (χ1) is 8.33. The second-order valence-corrected chi connectivity index (χ2v) is 4.14. The number of rotatable bonds is 3. The van der Waals surface area contributed by atoms with Crippen molar-refractivity contribution in [2.24, 2.45) is 0 Å². The van der Waals surface area contributed by atoms with Crippen LogP contribution < -0.4 is 5.32 Å². The van der Waals surface area contributed by atoms with E-state index in [-0.39, 0.29) is 11.9 Å². The standard InChI is InChI=1S/C11H12FN5/c12-8-2-3-9-7(5-8)1-4-10(9)13-6-11-14-16-17-15-11/h2-3,5,10,13H,1,4,6H2,(H,14,15,16,17). The number of aryl methyl sites for hydroxylation is 1. The Morgan fingerprint density at radius 1 is 1.47 bits per heavy atom. The number of H-pyrrole nitrogens is 1. The van der Waals surface area contributed by atoms with Crippen LogP contribution in [0.2, 0.25) is 0 Å². The Balaban J connectivity index is 1.71. The van der Waals surface area contributed by atoms with Gasteiger partial charge in [-0.2, -0.15) is 5.21 Å². The zero-order chi connectivity index (χ0) is 11.7. The summed E-state index contributed by atoms with van der Waals surface area (Å²) in [7, 11) is 0. The largest absolute Gasteiger partial charge is 0.303 e. The molecule has 1 atom stereocenters. The Labute approximate surface area is 97.4 Å². The molecule has 88 valence electrons. The van der Waals surface area contributed by atoms with E-state index >= 15 is 0 Å². The van der Waals surface area contributed by atoms with Crippen molar-refractivity contribution < 1.29 is 4.39 Å². The van der Waals surface area contributed by atoms with Gasteiger partial charge in [0.05, 0.1) is 6.54 Å². The molecule has 1 heterocycles. The number of fused-ring (bicyclic) bond motifs is 1. The van der Waals surface area contributed by atoms with E-state index in [4.69, 9.17) is 0 Å². The zero-order valence-corrected chi connectivity index (χ0v) is 9.15. The molecule has 0 fully saturated rings. The first kappa shape index (κ1) is 10.3. The van der Waals surface area contributed by atoms with Crippen molar-refractivity contribution in [2.75, 3.05) is 0 Å². The normalized spacial score (nSPS) is 18.3. The van der Waals surface area contributed by atoms with Gasteiger partial charge in [-0.25, -0.2) is 4.39 Å². The molecule has 0 amide bonds. The van der Waals surface area contributed by atoms with Crippen molar-refractivity contribution in [3.8, 4) is 0 Å². The number of hydrogen-bond acceptors (Lipinski definition) is 4. The Morgan fingerprint density at radius 2 is 2.41 bits per heavy atom. The molecule has 5 nitrogen and oxygen atoms in total. The zero-order valence-electron chi connectivity index (χ0n) is 9.15. The monoisotopic (exact) mass is 233 g/mol. The maximum absolute atomic E-state index is 13.0. The number of aromatic nitrogens is 4. The predicted molar refractivity (Wildman–Crippen MR) is 58.5 cm³/mol. The molecule has 1 unspecified atom stereocenters. The molecule has 1 aliphatic rings. The first-order valence-electron chi connectivity index (χ1n) is 5.57. The minimum Gasteiger partial charge on any atom is -0.303 e. The van der Waals surface area contributed by atoms with Gasteiger partial charge in [-0.1, -0.05) is 11.3 Å². The van der Waals surface area contributed by atoms with Crippen LogP contribution in [0, 0.1) is 5.82 Å². The van der Waals surface area contributed by atoms with E-state index in [0.29, 0.717) is 12.4 Å². The fourth-order valence-electron chi connectivity index (χ4n) is 2.27. The van der Waals surface area contributed by atoms with E-state index < -0.39 is 0 Å². The fourth-order valence-corrected chi connectivity index (χ4v) is 2.27. The Bertz CT molecular complexity index is 511. The van der Waals surface area contributed by atoms with E-state index in [9.17, 15) is 4.39 Å². The van der Waals surface area contributed by atoms with Gasteiger partial charge in [0.1, 0.15) is 5.82 Å². The lowest BCUT2D eigenvalue weighted by Crippen LogP contribution is -2.19. The molecule has 1 aromatic carbocycles. The molecule has 0 aliphatic heterocycles. The predicted octanol–water partition coefficient (Wildman–Crippen LogP) is 1.12. The van der Waals surface area contributed by atoms with Crippen LogP contribution in [0.3, 0.4) is 0 Å². The molecule has 3 rings (SSSR count). The number of benzene rings is 1. The fraction of sp³-hybridized carbons (Fsp3) is 0.364. The van der Waals surface area contributed by atoms with Gasteiger partial charge in [0.25, 0.3) is 0 Å². The van der Waals surface area contributed by atoms with E-state index in [1.807, 2.05) is 6.07 Å². The van der Waals surface area contributed by atoms with Gasteiger partial charge in [0, 0.05) is 6.04 Å². The minimum absolute atomic E-state index is 0.164. The van der Waals surface area contributed by atoms with Gasteiger partial charge in [-0.05, 0) is 36.1 Å². The second kappa shape index (κ2) is 4.21. The van der Waals surface area contributed by atoms with E-state index in [2.05, 4.69) is 25.9 Å². The highest BCUT2D eigenvalue weighted by molar-refractivity contribution is 5.34. The summed E-state index contributed by atoms with van der Waals surface area (Å²) in [5.41, 5.74) is 2.27. The molecule has 0 bridgehead atoms. The van der Waals surface area contributed by atoms with Crippen LogP contribution in [0.1, 0.15) is 29.4 Å². The van der Waals surface area contributed by atoms with Gasteiger partial charge in [-0.3, -0.25) is 0 Å². The smallest absolute Gasteiger partial charge is 0.188 e. The number of tetrazole rings is 1. The summed E-state index contributed by atoms with van der Waals surface area (Å²) in [6.07, 6.45) is 1.90. The minimum atomic E-state index is -0.164. The molecule has 17 heavy (non-hydrogen) atoms. The van der Waals surface area contributed by atoms with Gasteiger partial charge in [0.2, 0.25) is 0 Å². The molecule has 0 saturated heterocycles. The molecule has 2 aromatic rings. The third kappa shape index (κ3) is 2.03. The van der Waals surface area contributed by atoms with Gasteiger partial charge >= 0.3 is 0 Å². The van der Waals surface area contributed by atoms with Crippen LogP contribution in [0.5, 0.6) is 0 Å². The lowest BCUT2D eigenvalue weighted by Gasteiger charge is -2.12. The molecule has 0 saturated carbocycles. The number of nitrogens with one attached hydrogen (secondary N) is 2. The van der Waals surface area contributed by atoms with Crippen molar-refractivity contribution in [1.82, 2.24) is 25.9 Å². The second-order valence-electron chi connectivity index (χ2n) is 4.14. The van der Waals surface area contributed by atoms with Crippen LogP contribution in [0.25, 0.3) is 0 Å². The molecule has 0 radical (unpaired) electrons. The van der Waals surface area contributed by atoms with Crippen LogP contribution in [0.4, 0.5) is 4.39 Å². The highest BCUT2D eigenvalue weighted by Gasteiger charge is 2.22. The van der Waals surface area contributed by atoms with Crippen LogP contribution >= 0.6 is 0 Å². The van der Waals surface area contributed by atoms with E-state index in [1.54, 1.807) is 6.07 Å². The highest BCUT2D eigenvalue weighted by atomic mass is 19.1. The highest BCUT2D eigenvalue weighted by Crippen LogP contribution is 2.31. The van der Waals surface area contributed by atoms with Crippen LogP contribution in [-0.4, -0.2) is 20.6 Å². The Morgan fingerprint density at radius 3 is 3.24 bits per heavy atom. The maximum Gasteiger partial charge on any atom is 0.188 e. The molecular weight excluding hydrogens is 221 g/mol. The third-order valence-electron chi connectivity index (χ3n) is 3.08. The van der Waals surface area contributed by atoms with E-state index in [0.717, 1.165) is 18.4 Å².